The van der Waals surface area contributed by atoms with E-state index >= 15 is 0 Å². The maximum Gasteiger partial charge on any atom is 0.332 e. The van der Waals surface area contributed by atoms with E-state index in [-0.39, 0.29) is 17.8 Å². The van der Waals surface area contributed by atoms with Gasteiger partial charge in [0.15, 0.2) is 0 Å². The van der Waals surface area contributed by atoms with E-state index in [1.165, 1.54) is 9.13 Å². The minimum atomic E-state index is -0.374. The van der Waals surface area contributed by atoms with Crippen LogP contribution in [0.15, 0.2) is 76.7 Å². The molecule has 4 aromatic rings. The molecule has 0 radical (unpaired) electrons. The molecule has 0 aliphatic rings. The van der Waals surface area contributed by atoms with E-state index in [1.54, 1.807) is 25.6 Å². The van der Waals surface area contributed by atoms with Crippen LogP contribution in [-0.4, -0.2) is 19.1 Å². The maximum atomic E-state index is 13.2. The van der Waals surface area contributed by atoms with Gasteiger partial charge in [0.1, 0.15) is 5.65 Å². The number of nitrogens with zero attached hydrogens (tertiary/aromatic N) is 4. The van der Waals surface area contributed by atoms with Crippen molar-refractivity contribution in [3.8, 4) is 0 Å². The number of rotatable bonds is 6. The highest BCUT2D eigenvalue weighted by atomic mass is 16.2. The summed E-state index contributed by atoms with van der Waals surface area (Å²) in [4.78, 5) is 34.3. The molecule has 7 heteroatoms. The number of nitrogens with one attached hydrogen (secondary N) is 1. The lowest BCUT2D eigenvalue weighted by atomic mass is 10.1. The van der Waals surface area contributed by atoms with Gasteiger partial charge in [0, 0.05) is 38.7 Å². The smallest absolute Gasteiger partial charge is 0.309 e. The molecular formula is C22H21N5O2. The third-order valence-corrected chi connectivity index (χ3v) is 4.89. The fourth-order valence-electron chi connectivity index (χ4n) is 3.37. The summed E-state index contributed by atoms with van der Waals surface area (Å²) >= 11 is 0. The zero-order valence-electron chi connectivity index (χ0n) is 16.1. The van der Waals surface area contributed by atoms with Crippen LogP contribution in [0.5, 0.6) is 0 Å². The van der Waals surface area contributed by atoms with Crippen molar-refractivity contribution in [3.63, 3.8) is 0 Å². The van der Waals surface area contributed by atoms with E-state index in [0.717, 1.165) is 16.7 Å². The molecule has 3 aromatic heterocycles. The second kappa shape index (κ2) is 8.20. The van der Waals surface area contributed by atoms with E-state index in [1.807, 2.05) is 48.5 Å². The van der Waals surface area contributed by atoms with E-state index < -0.39 is 0 Å². The number of aromatic nitrogens is 4. The van der Waals surface area contributed by atoms with Crippen molar-refractivity contribution in [1.82, 2.24) is 24.4 Å². The molecule has 0 saturated carbocycles. The molecule has 0 unspecified atom stereocenters. The summed E-state index contributed by atoms with van der Waals surface area (Å²) < 4.78 is 2.71. The zero-order chi connectivity index (χ0) is 20.2. The molecule has 3 heterocycles. The van der Waals surface area contributed by atoms with Crippen LogP contribution >= 0.6 is 0 Å². The Kier molecular flexibility index (Phi) is 5.31. The third kappa shape index (κ3) is 3.86. The highest BCUT2D eigenvalue weighted by Gasteiger charge is 2.15. The van der Waals surface area contributed by atoms with Crippen LogP contribution in [-0.2, 0) is 26.7 Å². The Morgan fingerprint density at radius 2 is 1.66 bits per heavy atom. The first-order chi connectivity index (χ1) is 14.1. The average Bonchev–Trinajstić information content (AvgIpc) is 2.76. The lowest BCUT2D eigenvalue weighted by Gasteiger charge is -2.13. The SMILES string of the molecule is Cn1c(=O)n(Cc2ccccc2)c(=O)c2c(CNCc3ccncc3)ccnc21. The molecule has 0 bridgehead atoms. The minimum absolute atomic E-state index is 0.223. The molecule has 1 aromatic carbocycles. The van der Waals surface area contributed by atoms with Crippen LogP contribution in [0.4, 0.5) is 0 Å². The van der Waals surface area contributed by atoms with Gasteiger partial charge < -0.3 is 5.32 Å². The molecular weight excluding hydrogens is 366 g/mol. The van der Waals surface area contributed by atoms with Gasteiger partial charge in [0.2, 0.25) is 0 Å². The van der Waals surface area contributed by atoms with Crippen LogP contribution in [0.2, 0.25) is 0 Å². The van der Waals surface area contributed by atoms with Gasteiger partial charge in [-0.25, -0.2) is 9.78 Å². The predicted octanol–water partition coefficient (Wildman–Crippen LogP) is 1.83. The highest BCUT2D eigenvalue weighted by molar-refractivity contribution is 5.77. The second-order valence-corrected chi connectivity index (χ2v) is 6.85. The van der Waals surface area contributed by atoms with Crippen molar-refractivity contribution < 1.29 is 0 Å². The van der Waals surface area contributed by atoms with Crippen molar-refractivity contribution in [3.05, 3.63) is 105 Å². The summed E-state index contributed by atoms with van der Waals surface area (Å²) in [5.41, 5.74) is 2.51. The van der Waals surface area contributed by atoms with Gasteiger partial charge in [-0.15, -0.1) is 0 Å². The fraction of sp³-hybridized carbons (Fsp3) is 0.182. The average molecular weight is 387 g/mol. The largest absolute Gasteiger partial charge is 0.332 e. The molecule has 0 aliphatic heterocycles. The summed E-state index contributed by atoms with van der Waals surface area (Å²) in [5.74, 6) is 0. The minimum Gasteiger partial charge on any atom is -0.309 e. The van der Waals surface area contributed by atoms with Crippen molar-refractivity contribution >= 4 is 11.0 Å². The Bertz CT molecular complexity index is 1250. The van der Waals surface area contributed by atoms with Gasteiger partial charge in [-0.05, 0) is 34.9 Å². The predicted molar refractivity (Wildman–Crippen MR) is 112 cm³/mol. The summed E-state index contributed by atoms with van der Waals surface area (Å²) in [6.45, 7) is 1.36. The molecule has 4 rings (SSSR count). The molecule has 0 atom stereocenters. The number of fused-ring (bicyclic) bond motifs is 1. The fourth-order valence-corrected chi connectivity index (χ4v) is 3.37. The molecule has 146 valence electrons. The van der Waals surface area contributed by atoms with E-state index in [4.69, 9.17) is 0 Å². The molecule has 1 N–H and O–H groups in total. The standard InChI is InChI=1S/C22H21N5O2/c1-26-20-19(21(28)27(22(26)29)15-17-5-3-2-4-6-17)18(9-12-25-20)14-24-13-16-7-10-23-11-8-16/h2-12,24H,13-15H2,1H3. The summed E-state index contributed by atoms with van der Waals surface area (Å²) in [5, 5.41) is 3.82. The van der Waals surface area contributed by atoms with E-state index in [0.29, 0.717) is 24.1 Å². The number of hydrogen-bond donors (Lipinski definition) is 1. The lowest BCUT2D eigenvalue weighted by Crippen LogP contribution is -2.40. The van der Waals surface area contributed by atoms with Crippen molar-refractivity contribution in [2.75, 3.05) is 0 Å². The lowest BCUT2D eigenvalue weighted by molar-refractivity contribution is 0.652. The zero-order valence-corrected chi connectivity index (χ0v) is 16.1. The van der Waals surface area contributed by atoms with Gasteiger partial charge in [-0.3, -0.25) is 18.9 Å². The summed E-state index contributed by atoms with van der Waals surface area (Å²) in [6, 6.07) is 15.2. The number of pyridine rings is 2. The molecule has 0 spiro atoms. The van der Waals surface area contributed by atoms with Crippen LogP contribution in [0.1, 0.15) is 16.7 Å². The number of benzene rings is 1. The van der Waals surface area contributed by atoms with Crippen LogP contribution in [0.25, 0.3) is 11.0 Å². The Hall–Kier alpha value is -3.58. The topological polar surface area (TPSA) is 81.8 Å². The Morgan fingerprint density at radius 1 is 0.897 bits per heavy atom. The molecule has 0 aliphatic carbocycles. The third-order valence-electron chi connectivity index (χ3n) is 4.89. The van der Waals surface area contributed by atoms with Crippen LogP contribution in [0, 0.1) is 0 Å². The van der Waals surface area contributed by atoms with Gasteiger partial charge in [-0.2, -0.15) is 0 Å². The molecule has 29 heavy (non-hydrogen) atoms. The quantitative estimate of drug-likeness (QED) is 0.546. The van der Waals surface area contributed by atoms with Gasteiger partial charge in [-0.1, -0.05) is 30.3 Å². The first-order valence-corrected chi connectivity index (χ1v) is 9.36. The molecule has 0 amide bonds. The summed E-state index contributed by atoms with van der Waals surface area (Å²) in [6.07, 6.45) is 5.12. The van der Waals surface area contributed by atoms with Crippen LogP contribution < -0.4 is 16.6 Å². The first kappa shape index (κ1) is 18.8. The molecule has 0 saturated heterocycles. The van der Waals surface area contributed by atoms with E-state index in [9.17, 15) is 9.59 Å². The van der Waals surface area contributed by atoms with Crippen LogP contribution in [0.3, 0.4) is 0 Å². The Labute approximate surface area is 167 Å². The molecule has 7 nitrogen and oxygen atoms in total. The highest BCUT2D eigenvalue weighted by Crippen LogP contribution is 2.12. The van der Waals surface area contributed by atoms with Crippen molar-refractivity contribution in [1.29, 1.82) is 0 Å². The first-order valence-electron chi connectivity index (χ1n) is 9.36. The van der Waals surface area contributed by atoms with E-state index in [2.05, 4.69) is 15.3 Å². The number of hydrogen-bond acceptors (Lipinski definition) is 5. The van der Waals surface area contributed by atoms with Gasteiger partial charge in [0.25, 0.3) is 5.56 Å². The number of aryl methyl sites for hydroxylation is 1. The van der Waals surface area contributed by atoms with Crippen molar-refractivity contribution in [2.24, 2.45) is 7.05 Å². The van der Waals surface area contributed by atoms with Crippen molar-refractivity contribution in [2.45, 2.75) is 19.6 Å². The van der Waals surface area contributed by atoms with Gasteiger partial charge in [0.05, 0.1) is 11.9 Å². The second-order valence-electron chi connectivity index (χ2n) is 6.85. The summed E-state index contributed by atoms with van der Waals surface area (Å²) in [7, 11) is 1.65. The monoisotopic (exact) mass is 387 g/mol. The Morgan fingerprint density at radius 3 is 2.41 bits per heavy atom. The Balaban J connectivity index is 1.72. The van der Waals surface area contributed by atoms with Gasteiger partial charge >= 0.3 is 5.69 Å². The maximum absolute atomic E-state index is 13.2. The molecule has 0 fully saturated rings. The normalized spacial score (nSPS) is 11.1.